The van der Waals surface area contributed by atoms with Gasteiger partial charge >= 0.3 is 0 Å². The molecule has 5 aromatic rings. The predicted octanol–water partition coefficient (Wildman–Crippen LogP) is 4.61. The molecule has 1 fully saturated rings. The minimum absolute atomic E-state index is 0.123. The Labute approximate surface area is 214 Å². The topological polar surface area (TPSA) is 82.2 Å². The fourth-order valence-corrected chi connectivity index (χ4v) is 4.87. The first kappa shape index (κ1) is 22.7. The highest BCUT2D eigenvalue weighted by Gasteiger charge is 2.29. The normalized spacial score (nSPS) is 13.6. The van der Waals surface area contributed by atoms with Crippen LogP contribution in [0.5, 0.6) is 0 Å². The smallest absolute Gasteiger partial charge is 0.277 e. The van der Waals surface area contributed by atoms with Crippen LogP contribution in [0.3, 0.4) is 0 Å². The number of hydrogen-bond acceptors (Lipinski definition) is 5. The molecule has 1 aliphatic heterocycles. The van der Waals surface area contributed by atoms with Crippen LogP contribution in [0.1, 0.15) is 10.4 Å². The van der Waals surface area contributed by atoms with Gasteiger partial charge in [0.05, 0.1) is 11.2 Å². The summed E-state index contributed by atoms with van der Waals surface area (Å²) in [5.41, 5.74) is 3.33. The maximum atomic E-state index is 13.9. The average Bonchev–Trinajstić information content (AvgIpc) is 2.97. The van der Waals surface area contributed by atoms with E-state index in [-0.39, 0.29) is 11.5 Å². The van der Waals surface area contributed by atoms with Crippen molar-refractivity contribution in [1.82, 2.24) is 20.1 Å². The van der Waals surface area contributed by atoms with Crippen molar-refractivity contribution in [3.8, 4) is 22.4 Å². The quantitative estimate of drug-likeness (QED) is 0.400. The number of anilines is 1. The van der Waals surface area contributed by atoms with Crippen LogP contribution >= 0.6 is 0 Å². The minimum Gasteiger partial charge on any atom is -0.353 e. The van der Waals surface area contributed by atoms with E-state index in [0.29, 0.717) is 37.4 Å². The van der Waals surface area contributed by atoms with Gasteiger partial charge in [0.2, 0.25) is 0 Å². The third kappa shape index (κ3) is 4.36. The Morgan fingerprint density at radius 1 is 0.730 bits per heavy atom. The number of carbonyl (C=O) groups excluding carboxylic acids is 1. The molecule has 0 unspecified atom stereocenters. The maximum Gasteiger partial charge on any atom is 0.277 e. The Hall–Kier alpha value is -4.78. The maximum absolute atomic E-state index is 13.9. The zero-order valence-corrected chi connectivity index (χ0v) is 20.2. The molecule has 3 heterocycles. The van der Waals surface area contributed by atoms with Gasteiger partial charge in [-0.3, -0.25) is 9.59 Å². The third-order valence-electron chi connectivity index (χ3n) is 6.78. The second kappa shape index (κ2) is 9.70. The summed E-state index contributed by atoms with van der Waals surface area (Å²) in [5, 5.41) is 8.04. The van der Waals surface area contributed by atoms with Crippen molar-refractivity contribution in [3.63, 3.8) is 0 Å². The Kier molecular flexibility index (Phi) is 5.94. The molecule has 3 aromatic carbocycles. The van der Waals surface area contributed by atoms with Crippen LogP contribution in [-0.2, 0) is 0 Å². The van der Waals surface area contributed by atoms with Crippen LogP contribution in [0.25, 0.3) is 33.3 Å². The highest BCUT2D eigenvalue weighted by atomic mass is 16.2. The molecule has 182 valence electrons. The molecular formula is C30H25N5O2. The van der Waals surface area contributed by atoms with Crippen LogP contribution in [0.4, 0.5) is 5.82 Å². The van der Waals surface area contributed by atoms with Gasteiger partial charge in [0.15, 0.2) is 0 Å². The summed E-state index contributed by atoms with van der Waals surface area (Å²) in [4.78, 5) is 35.7. The Morgan fingerprint density at radius 3 is 2.11 bits per heavy atom. The van der Waals surface area contributed by atoms with Crippen molar-refractivity contribution in [2.24, 2.45) is 0 Å². The number of H-pyrrole nitrogens is 1. The van der Waals surface area contributed by atoms with Gasteiger partial charge in [-0.05, 0) is 23.8 Å². The molecule has 1 N–H and O–H groups in total. The summed E-state index contributed by atoms with van der Waals surface area (Å²) >= 11 is 0. The molecular weight excluding hydrogens is 462 g/mol. The number of nitrogens with one attached hydrogen (secondary N) is 1. The van der Waals surface area contributed by atoms with E-state index in [1.807, 2.05) is 91.0 Å². The largest absolute Gasteiger partial charge is 0.353 e. The van der Waals surface area contributed by atoms with E-state index in [9.17, 15) is 9.59 Å². The van der Waals surface area contributed by atoms with Crippen molar-refractivity contribution in [1.29, 1.82) is 0 Å². The van der Waals surface area contributed by atoms with E-state index < -0.39 is 5.56 Å². The molecule has 1 saturated heterocycles. The van der Waals surface area contributed by atoms with Crippen molar-refractivity contribution < 1.29 is 4.79 Å². The first-order valence-electron chi connectivity index (χ1n) is 12.3. The van der Waals surface area contributed by atoms with E-state index in [2.05, 4.69) is 21.2 Å². The number of carbonyl (C=O) groups is 1. The van der Waals surface area contributed by atoms with Gasteiger partial charge in [-0.2, -0.15) is 5.10 Å². The lowest BCUT2D eigenvalue weighted by Gasteiger charge is -2.35. The monoisotopic (exact) mass is 487 g/mol. The summed E-state index contributed by atoms with van der Waals surface area (Å²) in [5.74, 6) is 0.606. The number of pyridine rings is 1. The van der Waals surface area contributed by atoms with Crippen LogP contribution in [0, 0.1) is 0 Å². The summed E-state index contributed by atoms with van der Waals surface area (Å²) in [6.07, 6.45) is 0. The summed E-state index contributed by atoms with van der Waals surface area (Å²) < 4.78 is 0. The standard InChI is InChI=1S/C30H25N5O2/c36-29-27(26(22-10-3-1-4-11-22)28(32-33-29)23-12-5-2-6-13-23)30(37)35-19-17-34(18-20-35)25-16-15-21-9-7-8-14-24(21)31-25/h1-16H,17-20H2,(H,33,36). The number of benzene rings is 3. The van der Waals surface area contributed by atoms with Crippen molar-refractivity contribution in [2.75, 3.05) is 31.1 Å². The minimum atomic E-state index is -0.484. The molecule has 0 aliphatic carbocycles. The zero-order chi connectivity index (χ0) is 25.2. The molecule has 7 heteroatoms. The lowest BCUT2D eigenvalue weighted by Crippen LogP contribution is -2.50. The molecule has 2 aromatic heterocycles. The second-order valence-corrected chi connectivity index (χ2v) is 9.02. The van der Waals surface area contributed by atoms with Gasteiger partial charge in [-0.15, -0.1) is 0 Å². The SMILES string of the molecule is O=C(c1c(-c2ccccc2)c(-c2ccccc2)n[nH]c1=O)N1CCN(c2ccc3ccccc3n2)CC1. The molecule has 7 nitrogen and oxygen atoms in total. The first-order valence-corrected chi connectivity index (χ1v) is 12.3. The Balaban J connectivity index is 1.32. The highest BCUT2D eigenvalue weighted by Crippen LogP contribution is 2.32. The summed E-state index contributed by atoms with van der Waals surface area (Å²) in [6.45, 7) is 2.24. The fourth-order valence-electron chi connectivity index (χ4n) is 4.87. The van der Waals surface area contributed by atoms with Gasteiger partial charge in [0.25, 0.3) is 11.5 Å². The van der Waals surface area contributed by atoms with Crippen LogP contribution < -0.4 is 10.5 Å². The van der Waals surface area contributed by atoms with Crippen molar-refractivity contribution in [2.45, 2.75) is 0 Å². The summed E-state index contributed by atoms with van der Waals surface area (Å²) in [6, 6.07) is 31.3. The Morgan fingerprint density at radius 2 is 1.38 bits per heavy atom. The van der Waals surface area contributed by atoms with E-state index >= 15 is 0 Å². The first-order chi connectivity index (χ1) is 18.2. The number of para-hydroxylation sites is 1. The third-order valence-corrected chi connectivity index (χ3v) is 6.78. The summed E-state index contributed by atoms with van der Waals surface area (Å²) in [7, 11) is 0. The number of rotatable bonds is 4. The number of aromatic nitrogens is 3. The number of aromatic amines is 1. The number of piperazine rings is 1. The molecule has 1 aliphatic rings. The number of hydrogen-bond donors (Lipinski definition) is 1. The fraction of sp³-hybridized carbons (Fsp3) is 0.133. The number of amides is 1. The van der Waals surface area contributed by atoms with Gasteiger partial charge in [0.1, 0.15) is 11.4 Å². The van der Waals surface area contributed by atoms with E-state index in [1.54, 1.807) is 4.90 Å². The van der Waals surface area contributed by atoms with Crippen LogP contribution in [0.15, 0.2) is 102 Å². The van der Waals surface area contributed by atoms with E-state index in [1.165, 1.54) is 0 Å². The predicted molar refractivity (Wildman–Crippen MR) is 146 cm³/mol. The molecule has 6 rings (SSSR count). The number of nitrogens with zero attached hydrogens (tertiary/aromatic N) is 4. The molecule has 1 amide bonds. The van der Waals surface area contributed by atoms with Gasteiger partial charge in [-0.1, -0.05) is 78.9 Å². The lowest BCUT2D eigenvalue weighted by molar-refractivity contribution is 0.0745. The van der Waals surface area contributed by atoms with E-state index in [4.69, 9.17) is 4.98 Å². The van der Waals surface area contributed by atoms with Gasteiger partial charge < -0.3 is 9.80 Å². The molecule has 37 heavy (non-hydrogen) atoms. The van der Waals surface area contributed by atoms with E-state index in [0.717, 1.165) is 27.8 Å². The lowest BCUT2D eigenvalue weighted by atomic mass is 9.95. The molecule has 0 spiro atoms. The molecule has 0 radical (unpaired) electrons. The van der Waals surface area contributed by atoms with Crippen LogP contribution in [-0.4, -0.2) is 52.2 Å². The molecule has 0 bridgehead atoms. The molecule has 0 atom stereocenters. The highest BCUT2D eigenvalue weighted by molar-refractivity contribution is 6.03. The van der Waals surface area contributed by atoms with Crippen molar-refractivity contribution >= 4 is 22.6 Å². The second-order valence-electron chi connectivity index (χ2n) is 9.02. The average molecular weight is 488 g/mol. The molecule has 0 saturated carbocycles. The van der Waals surface area contributed by atoms with Gasteiger partial charge in [0, 0.05) is 42.7 Å². The Bertz CT molecular complexity index is 1630. The van der Waals surface area contributed by atoms with Gasteiger partial charge in [-0.25, -0.2) is 10.1 Å². The van der Waals surface area contributed by atoms with Crippen LogP contribution in [0.2, 0.25) is 0 Å². The number of fused-ring (bicyclic) bond motifs is 1. The zero-order valence-electron chi connectivity index (χ0n) is 20.2. The van der Waals surface area contributed by atoms with Crippen molar-refractivity contribution in [3.05, 3.63) is 113 Å².